The lowest BCUT2D eigenvalue weighted by atomic mass is 10.6. The lowest BCUT2D eigenvalue weighted by Crippen LogP contribution is -2.40. The molecule has 0 aromatic carbocycles. The Kier molecular flexibility index (Phi) is 5.83. The van der Waals surface area contributed by atoms with Gasteiger partial charge in [0.2, 0.25) is 0 Å². The molecule has 4 heteroatoms. The van der Waals surface area contributed by atoms with Crippen molar-refractivity contribution in [2.75, 3.05) is 12.5 Å². The summed E-state index contributed by atoms with van der Waals surface area (Å²) < 4.78 is 4.90. The summed E-state index contributed by atoms with van der Waals surface area (Å²) in [6.45, 7) is 8.75. The van der Waals surface area contributed by atoms with E-state index in [1.807, 2.05) is 12.2 Å². The third-order valence-electron chi connectivity index (χ3n) is 1.71. The Morgan fingerprint density at radius 1 is 1.57 bits per heavy atom. The van der Waals surface area contributed by atoms with Crippen LogP contribution in [0.3, 0.4) is 0 Å². The van der Waals surface area contributed by atoms with Gasteiger partial charge in [-0.25, -0.2) is 4.79 Å². The summed E-state index contributed by atoms with van der Waals surface area (Å²) in [5.41, 5.74) is 1.89. The van der Waals surface area contributed by atoms with Crippen molar-refractivity contribution in [3.05, 3.63) is 37.1 Å². The summed E-state index contributed by atoms with van der Waals surface area (Å²) in [5.74, 6) is -0.454. The third-order valence-corrected chi connectivity index (χ3v) is 4.23. The highest BCUT2D eigenvalue weighted by atomic mass is 28.3. The molecule has 1 atom stereocenters. The quantitative estimate of drug-likeness (QED) is 0.311. The number of aliphatic hydroxyl groups excluding tert-OH is 1. The van der Waals surface area contributed by atoms with Crippen molar-refractivity contribution in [2.24, 2.45) is 0 Å². The number of carbonyl (C=O) groups is 1. The van der Waals surface area contributed by atoms with Gasteiger partial charge in [-0.2, -0.15) is 0 Å². The van der Waals surface area contributed by atoms with E-state index in [0.29, 0.717) is 0 Å². The number of hydrogen-bond acceptors (Lipinski definition) is 3. The zero-order chi connectivity index (χ0) is 11.0. The second-order valence-corrected chi connectivity index (χ2v) is 7.47. The molecule has 14 heavy (non-hydrogen) atoms. The molecule has 0 spiro atoms. The molecule has 0 heterocycles. The molecule has 1 unspecified atom stereocenters. The maximum atomic E-state index is 10.8. The zero-order valence-electron chi connectivity index (χ0n) is 8.40. The van der Waals surface area contributed by atoms with Crippen molar-refractivity contribution in [2.45, 2.75) is 6.55 Å². The molecular formula is C10H16O3Si. The van der Waals surface area contributed by atoms with E-state index in [0.717, 1.165) is 6.08 Å². The van der Waals surface area contributed by atoms with E-state index in [4.69, 9.17) is 9.84 Å². The highest BCUT2D eigenvalue weighted by molar-refractivity contribution is 6.83. The summed E-state index contributed by atoms with van der Waals surface area (Å²) >= 11 is 0. The number of rotatable bonds is 6. The molecule has 0 aliphatic heterocycles. The van der Waals surface area contributed by atoms with Crippen LogP contribution >= 0.6 is 0 Å². The first kappa shape index (κ1) is 12.9. The molecule has 1 N–H and O–H groups in total. The van der Waals surface area contributed by atoms with Crippen molar-refractivity contribution in [1.29, 1.82) is 0 Å². The number of esters is 1. The molecule has 0 bridgehead atoms. The monoisotopic (exact) mass is 212 g/mol. The van der Waals surface area contributed by atoms with E-state index in [9.17, 15) is 4.79 Å². The first-order chi connectivity index (χ1) is 6.58. The van der Waals surface area contributed by atoms with Crippen LogP contribution in [-0.2, 0) is 9.53 Å². The van der Waals surface area contributed by atoms with Crippen LogP contribution in [0.25, 0.3) is 0 Å². The molecule has 0 aliphatic rings. The van der Waals surface area contributed by atoms with Crippen LogP contribution in [0, 0.1) is 0 Å². The average Bonchev–Trinajstić information content (AvgIpc) is 2.23. The number of allylic oxidation sites excluding steroid dienone is 2. The first-order valence-corrected chi connectivity index (χ1v) is 7.27. The average molecular weight is 212 g/mol. The largest absolute Gasteiger partial charge is 0.466 e. The predicted octanol–water partition coefficient (Wildman–Crippen LogP) is 1.15. The van der Waals surface area contributed by atoms with Gasteiger partial charge in [-0.05, 0) is 0 Å². The molecule has 0 fully saturated rings. The molecule has 3 nitrogen and oxygen atoms in total. The molecule has 0 amide bonds. The predicted molar refractivity (Wildman–Crippen MR) is 59.2 cm³/mol. The van der Waals surface area contributed by atoms with Gasteiger partial charge in [-0.3, -0.25) is 0 Å². The maximum absolute atomic E-state index is 10.8. The lowest BCUT2D eigenvalue weighted by molar-refractivity contribution is -0.136. The van der Waals surface area contributed by atoms with E-state index < -0.39 is 14.0 Å². The highest BCUT2D eigenvalue weighted by Gasteiger charge is 2.24. The SMILES string of the molecule is C=C/C=C/[Si](C)(CO)COC(=O)C=C. The van der Waals surface area contributed by atoms with E-state index >= 15 is 0 Å². The number of carbonyl (C=O) groups excluding carboxylic acids is 1. The van der Waals surface area contributed by atoms with Crippen LogP contribution in [0.4, 0.5) is 0 Å². The Labute approximate surface area is 85.4 Å². The lowest BCUT2D eigenvalue weighted by Gasteiger charge is -2.19. The van der Waals surface area contributed by atoms with E-state index in [-0.39, 0.29) is 12.5 Å². The summed E-state index contributed by atoms with van der Waals surface area (Å²) in [7, 11) is -2.01. The second kappa shape index (κ2) is 6.34. The maximum Gasteiger partial charge on any atom is 0.329 e. The van der Waals surface area contributed by atoms with Gasteiger partial charge in [-0.15, -0.1) is 0 Å². The Bertz CT molecular complexity index is 248. The van der Waals surface area contributed by atoms with Gasteiger partial charge in [0.05, 0.1) is 6.23 Å². The highest BCUT2D eigenvalue weighted by Crippen LogP contribution is 2.05. The van der Waals surface area contributed by atoms with Crippen LogP contribution in [0.1, 0.15) is 0 Å². The molecule has 0 radical (unpaired) electrons. The van der Waals surface area contributed by atoms with Crippen LogP contribution in [-0.4, -0.2) is 31.6 Å². The summed E-state index contributed by atoms with van der Waals surface area (Å²) in [6, 6.07) is 0. The van der Waals surface area contributed by atoms with Crippen LogP contribution in [0.15, 0.2) is 37.1 Å². The minimum Gasteiger partial charge on any atom is -0.466 e. The first-order valence-electron chi connectivity index (χ1n) is 4.28. The van der Waals surface area contributed by atoms with Crippen molar-refractivity contribution in [3.63, 3.8) is 0 Å². The fourth-order valence-electron chi connectivity index (χ4n) is 0.742. The Balaban J connectivity index is 4.24. The van der Waals surface area contributed by atoms with Crippen molar-refractivity contribution >= 4 is 14.0 Å². The van der Waals surface area contributed by atoms with Crippen molar-refractivity contribution in [3.8, 4) is 0 Å². The fraction of sp³-hybridized carbons (Fsp3) is 0.300. The van der Waals surface area contributed by atoms with Crippen LogP contribution in [0.5, 0.6) is 0 Å². The molecule has 0 saturated carbocycles. The normalized spacial score (nSPS) is 14.7. The topological polar surface area (TPSA) is 46.5 Å². The Morgan fingerprint density at radius 3 is 2.64 bits per heavy atom. The molecule has 0 rings (SSSR count). The van der Waals surface area contributed by atoms with Gasteiger partial charge < -0.3 is 9.84 Å². The molecule has 78 valence electrons. The summed E-state index contributed by atoms with van der Waals surface area (Å²) in [4.78, 5) is 10.8. The minimum absolute atomic E-state index is 0.0434. The van der Waals surface area contributed by atoms with Crippen molar-refractivity contribution < 1.29 is 14.6 Å². The van der Waals surface area contributed by atoms with Gasteiger partial charge in [0, 0.05) is 12.3 Å². The Morgan fingerprint density at radius 2 is 2.21 bits per heavy atom. The molecule has 0 saturated heterocycles. The standard InChI is InChI=1S/C10H16O3Si/c1-4-6-7-14(3,8-11)9-13-10(12)5-2/h4-7,11H,1-2,8-9H2,3H3/b7-6+. The van der Waals surface area contributed by atoms with E-state index in [1.165, 1.54) is 0 Å². The number of ether oxygens (including phenoxy) is 1. The van der Waals surface area contributed by atoms with Crippen LogP contribution < -0.4 is 0 Å². The molecule has 0 aliphatic carbocycles. The van der Waals surface area contributed by atoms with Gasteiger partial charge >= 0.3 is 5.97 Å². The van der Waals surface area contributed by atoms with Gasteiger partial charge in [-0.1, -0.05) is 37.6 Å². The van der Waals surface area contributed by atoms with Gasteiger partial charge in [0.1, 0.15) is 8.07 Å². The minimum atomic E-state index is -2.01. The van der Waals surface area contributed by atoms with E-state index in [1.54, 1.807) is 12.2 Å². The van der Waals surface area contributed by atoms with Gasteiger partial charge in [0.25, 0.3) is 0 Å². The second-order valence-electron chi connectivity index (χ2n) is 3.22. The molecule has 0 aromatic heterocycles. The van der Waals surface area contributed by atoms with Gasteiger partial charge in [0.15, 0.2) is 0 Å². The number of hydrogen-bond donors (Lipinski definition) is 1. The molecule has 0 aromatic rings. The summed E-state index contributed by atoms with van der Waals surface area (Å²) in [6.07, 6.45) is 4.82. The third kappa shape index (κ3) is 4.79. The van der Waals surface area contributed by atoms with Crippen LogP contribution in [0.2, 0.25) is 6.55 Å². The molecular weight excluding hydrogens is 196 g/mol. The zero-order valence-corrected chi connectivity index (χ0v) is 9.40. The fourth-order valence-corrected chi connectivity index (χ4v) is 2.11. The Hall–Kier alpha value is -1.13. The van der Waals surface area contributed by atoms with Crippen molar-refractivity contribution in [1.82, 2.24) is 0 Å². The van der Waals surface area contributed by atoms with E-state index in [2.05, 4.69) is 13.2 Å². The summed E-state index contributed by atoms with van der Waals surface area (Å²) in [5, 5.41) is 9.16. The smallest absolute Gasteiger partial charge is 0.329 e. The number of aliphatic hydroxyl groups is 1.